The van der Waals surface area contributed by atoms with E-state index in [1.165, 1.54) is 30.2 Å². The molecular formula is C14H12F7N5O2. The first kappa shape index (κ1) is 21.4. The molecule has 0 fully saturated rings. The van der Waals surface area contributed by atoms with Crippen LogP contribution < -0.4 is 4.90 Å². The van der Waals surface area contributed by atoms with Gasteiger partial charge in [0.1, 0.15) is 6.54 Å². The Hall–Kier alpha value is -2.93. The molecule has 0 bridgehead atoms. The Morgan fingerprint density at radius 3 is 2.43 bits per heavy atom. The van der Waals surface area contributed by atoms with Crippen molar-refractivity contribution in [3.63, 3.8) is 0 Å². The average Bonchev–Trinajstić information content (AvgIpc) is 3.13. The number of esters is 1. The Morgan fingerprint density at radius 1 is 1.18 bits per heavy atom. The molecule has 14 heteroatoms. The van der Waals surface area contributed by atoms with Gasteiger partial charge in [-0.05, 0) is 6.07 Å². The van der Waals surface area contributed by atoms with E-state index in [4.69, 9.17) is 0 Å². The first-order valence-corrected chi connectivity index (χ1v) is 7.37. The molecule has 0 atom stereocenters. The Labute approximate surface area is 152 Å². The van der Waals surface area contributed by atoms with Crippen LogP contribution in [0.4, 0.5) is 36.7 Å². The molecule has 0 spiro atoms. The summed E-state index contributed by atoms with van der Waals surface area (Å²) < 4.78 is 93.2. The number of aromatic nitrogens is 4. The van der Waals surface area contributed by atoms with Crippen molar-refractivity contribution in [3.05, 3.63) is 30.7 Å². The van der Waals surface area contributed by atoms with Crippen LogP contribution in [-0.4, -0.2) is 63.9 Å². The van der Waals surface area contributed by atoms with Crippen LogP contribution in [0.15, 0.2) is 30.7 Å². The minimum Gasteiger partial charge on any atom is -0.458 e. The largest absolute Gasteiger partial charge is 0.460 e. The molecule has 0 aliphatic carbocycles. The summed E-state index contributed by atoms with van der Waals surface area (Å²) in [5, 5.41) is 3.92. The predicted molar refractivity (Wildman–Crippen MR) is 79.3 cm³/mol. The van der Waals surface area contributed by atoms with E-state index in [1.54, 1.807) is 12.3 Å². The number of anilines is 1. The van der Waals surface area contributed by atoms with Crippen LogP contribution in [-0.2, 0) is 9.53 Å². The fourth-order valence-corrected chi connectivity index (χ4v) is 1.83. The molecule has 7 nitrogen and oxygen atoms in total. The second-order valence-corrected chi connectivity index (χ2v) is 5.46. The summed E-state index contributed by atoms with van der Waals surface area (Å²) in [5.41, 5.74) is 0. The third kappa shape index (κ3) is 4.48. The molecule has 0 aliphatic heterocycles. The van der Waals surface area contributed by atoms with Crippen LogP contribution in [0, 0.1) is 0 Å². The van der Waals surface area contributed by atoms with Gasteiger partial charge in [-0.1, -0.05) is 0 Å². The van der Waals surface area contributed by atoms with Gasteiger partial charge in [-0.25, -0.2) is 9.67 Å². The molecular weight excluding hydrogens is 403 g/mol. The number of halogens is 7. The maximum absolute atomic E-state index is 13.1. The SMILES string of the molecule is CN(CC(=O)OCC(F)(F)C(F)(F)C(F)(F)F)c1nccc(-n2cccn2)n1. The van der Waals surface area contributed by atoms with Crippen molar-refractivity contribution in [2.45, 2.75) is 18.0 Å². The highest BCUT2D eigenvalue weighted by Crippen LogP contribution is 2.46. The molecule has 2 aromatic heterocycles. The highest BCUT2D eigenvalue weighted by Gasteiger charge is 2.73. The van der Waals surface area contributed by atoms with Gasteiger partial charge in [-0.2, -0.15) is 40.8 Å². The molecule has 28 heavy (non-hydrogen) atoms. The number of hydrogen-bond donors (Lipinski definition) is 0. The molecule has 0 amide bonds. The third-order valence-electron chi connectivity index (χ3n) is 3.30. The van der Waals surface area contributed by atoms with Crippen LogP contribution in [0.5, 0.6) is 0 Å². The number of carbonyl (C=O) groups is 1. The number of rotatable bonds is 7. The Bertz CT molecular complexity index is 811. The summed E-state index contributed by atoms with van der Waals surface area (Å²) >= 11 is 0. The fourth-order valence-electron chi connectivity index (χ4n) is 1.83. The van der Waals surface area contributed by atoms with Gasteiger partial charge in [-0.15, -0.1) is 0 Å². The maximum atomic E-state index is 13.1. The van der Waals surface area contributed by atoms with E-state index in [1.807, 2.05) is 0 Å². The van der Waals surface area contributed by atoms with E-state index in [-0.39, 0.29) is 5.95 Å². The third-order valence-corrected chi connectivity index (χ3v) is 3.30. The first-order valence-electron chi connectivity index (χ1n) is 7.37. The topological polar surface area (TPSA) is 73.1 Å². The van der Waals surface area contributed by atoms with Crippen molar-refractivity contribution in [2.24, 2.45) is 0 Å². The lowest BCUT2D eigenvalue weighted by Crippen LogP contribution is -2.54. The molecule has 0 aromatic carbocycles. The summed E-state index contributed by atoms with van der Waals surface area (Å²) in [7, 11) is 1.26. The van der Waals surface area contributed by atoms with Crippen molar-refractivity contribution >= 4 is 11.9 Å². The standard InChI is InChI=1S/C14H12F7N5O2/c1-25(11-22-5-3-9(24-11)26-6-2-4-23-26)7-10(27)28-8-12(15,16)13(17,18)14(19,20)21/h2-6H,7-8H2,1H3. The second kappa shape index (κ2) is 7.59. The summed E-state index contributed by atoms with van der Waals surface area (Å²) in [4.78, 5) is 20.5. The molecule has 2 heterocycles. The van der Waals surface area contributed by atoms with Crippen LogP contribution in [0.1, 0.15) is 0 Å². The highest BCUT2D eigenvalue weighted by atomic mass is 19.4. The zero-order valence-electron chi connectivity index (χ0n) is 14.0. The van der Waals surface area contributed by atoms with Gasteiger partial charge >= 0.3 is 24.0 Å². The van der Waals surface area contributed by atoms with Crippen molar-refractivity contribution < 1.29 is 40.3 Å². The van der Waals surface area contributed by atoms with Crippen LogP contribution in [0.3, 0.4) is 0 Å². The van der Waals surface area contributed by atoms with E-state index < -0.39 is 37.1 Å². The molecule has 0 saturated heterocycles. The van der Waals surface area contributed by atoms with Gasteiger partial charge in [0.25, 0.3) is 0 Å². The van der Waals surface area contributed by atoms with Crippen molar-refractivity contribution in [1.29, 1.82) is 0 Å². The van der Waals surface area contributed by atoms with E-state index >= 15 is 0 Å². The lowest BCUT2D eigenvalue weighted by Gasteiger charge is -2.27. The molecule has 2 rings (SSSR count). The van der Waals surface area contributed by atoms with Crippen molar-refractivity contribution in [1.82, 2.24) is 19.7 Å². The number of likely N-dealkylation sites (N-methyl/N-ethyl adjacent to an activating group) is 1. The molecule has 0 saturated carbocycles. The molecule has 0 radical (unpaired) electrons. The summed E-state index contributed by atoms with van der Waals surface area (Å²) in [5.74, 6) is -13.2. The van der Waals surface area contributed by atoms with Gasteiger partial charge < -0.3 is 9.64 Å². The summed E-state index contributed by atoms with van der Waals surface area (Å²) in [6, 6.07) is 3.09. The molecule has 0 unspecified atom stereocenters. The van der Waals surface area contributed by atoms with Crippen molar-refractivity contribution in [2.75, 3.05) is 25.1 Å². The lowest BCUT2D eigenvalue weighted by molar-refractivity contribution is -0.359. The molecule has 154 valence electrons. The Balaban J connectivity index is 1.99. The number of hydrogen-bond acceptors (Lipinski definition) is 6. The number of ether oxygens (including phenoxy) is 1. The van der Waals surface area contributed by atoms with E-state index in [2.05, 4.69) is 19.8 Å². The van der Waals surface area contributed by atoms with Crippen LogP contribution in [0.2, 0.25) is 0 Å². The van der Waals surface area contributed by atoms with Gasteiger partial charge in [0.2, 0.25) is 5.95 Å². The zero-order chi connectivity index (χ0) is 21.2. The second-order valence-electron chi connectivity index (χ2n) is 5.46. The van der Waals surface area contributed by atoms with Gasteiger partial charge in [0.05, 0.1) is 0 Å². The van der Waals surface area contributed by atoms with Crippen LogP contribution >= 0.6 is 0 Å². The fraction of sp³-hybridized carbons (Fsp3) is 0.429. The minimum atomic E-state index is -6.50. The van der Waals surface area contributed by atoms with Crippen LogP contribution in [0.25, 0.3) is 5.82 Å². The number of carbonyl (C=O) groups excluding carboxylic acids is 1. The monoisotopic (exact) mass is 415 g/mol. The first-order chi connectivity index (χ1) is 12.8. The molecule has 0 N–H and O–H groups in total. The van der Waals surface area contributed by atoms with Gasteiger partial charge in [-0.3, -0.25) is 4.79 Å². The van der Waals surface area contributed by atoms with E-state index in [0.29, 0.717) is 5.82 Å². The summed E-state index contributed by atoms with van der Waals surface area (Å²) in [6.45, 7) is -3.23. The summed E-state index contributed by atoms with van der Waals surface area (Å²) in [6.07, 6.45) is -2.16. The smallest absolute Gasteiger partial charge is 0.458 e. The zero-order valence-corrected chi connectivity index (χ0v) is 14.0. The lowest BCUT2D eigenvalue weighted by atomic mass is 10.2. The minimum absolute atomic E-state index is 0.0719. The maximum Gasteiger partial charge on any atom is 0.460 e. The Morgan fingerprint density at radius 2 is 1.86 bits per heavy atom. The number of alkyl halides is 7. The van der Waals surface area contributed by atoms with Gasteiger partial charge in [0.15, 0.2) is 12.4 Å². The van der Waals surface area contributed by atoms with E-state index in [0.717, 1.165) is 4.90 Å². The molecule has 2 aromatic rings. The van der Waals surface area contributed by atoms with Crippen molar-refractivity contribution in [3.8, 4) is 5.82 Å². The van der Waals surface area contributed by atoms with E-state index in [9.17, 15) is 35.5 Å². The van der Waals surface area contributed by atoms with Gasteiger partial charge in [0, 0.05) is 31.7 Å². The average molecular weight is 415 g/mol. The normalized spacial score (nSPS) is 12.7. The Kier molecular flexibility index (Phi) is 5.80. The predicted octanol–water partition coefficient (Wildman–Crippen LogP) is 2.47. The number of nitrogens with zero attached hydrogens (tertiary/aromatic N) is 5. The quantitative estimate of drug-likeness (QED) is 0.511. The highest BCUT2D eigenvalue weighted by molar-refractivity contribution is 5.74. The molecule has 0 aliphatic rings.